The quantitative estimate of drug-likeness (QED) is 0.177. The summed E-state index contributed by atoms with van der Waals surface area (Å²) in [5.74, 6) is 0. The van der Waals surface area contributed by atoms with Crippen LogP contribution in [0.1, 0.15) is 0 Å². The van der Waals surface area contributed by atoms with Gasteiger partial charge in [-0.1, -0.05) is 127 Å². The van der Waals surface area contributed by atoms with Gasteiger partial charge in [-0.2, -0.15) is 0 Å². The van der Waals surface area contributed by atoms with E-state index >= 15 is 0 Å². The minimum atomic E-state index is 0.890. The van der Waals surface area contributed by atoms with Crippen molar-refractivity contribution in [3.63, 3.8) is 0 Å². The minimum absolute atomic E-state index is 0.890. The van der Waals surface area contributed by atoms with Gasteiger partial charge in [-0.15, -0.1) is 0 Å². The molecule has 0 fully saturated rings. The normalized spacial score (nSPS) is 12.7. The van der Waals surface area contributed by atoms with Gasteiger partial charge in [0.1, 0.15) is 11.0 Å². The van der Waals surface area contributed by atoms with Crippen molar-refractivity contribution in [2.45, 2.75) is 0 Å². The zero-order chi connectivity index (χ0) is 38.1. The summed E-state index contributed by atoms with van der Waals surface area (Å²) in [5.41, 5.74) is 14.2. The van der Waals surface area contributed by atoms with Crippen LogP contribution in [0.4, 0.5) is 0 Å². The molecule has 59 heavy (non-hydrogen) atoms. The van der Waals surface area contributed by atoms with E-state index in [1.165, 1.54) is 87.1 Å². The van der Waals surface area contributed by atoms with Gasteiger partial charge >= 0.3 is 0 Å². The molecule has 9 aromatic carbocycles. The Morgan fingerprint density at radius 2 is 0.966 bits per heavy atom. The van der Waals surface area contributed by atoms with Crippen LogP contribution in [0.15, 0.2) is 176 Å². The standard InChI is InChI=1S/C54H29N5/c1-2-15-34(16-3-1)57-44-23-9-8-18-37(44)41-27-33(24-25-45(41)57)36-19-10-20-38-39-21-11-22-40-48-53(59(50(36)38)51(39)40)56-49-47-35-17-7-6-14-32(35)28-43-42-26-30-12-4-5-13-31(30)29-46(42)58(52(43)47)54(49)55-48/h1-29H. The molecule has 0 radical (unpaired) electrons. The van der Waals surface area contributed by atoms with Crippen molar-refractivity contribution in [2.75, 3.05) is 0 Å². The summed E-state index contributed by atoms with van der Waals surface area (Å²) < 4.78 is 7.18. The first kappa shape index (κ1) is 30.2. The number of rotatable bonds is 2. The van der Waals surface area contributed by atoms with Gasteiger partial charge in [-0.05, 0) is 75.6 Å². The Labute approximate surface area is 334 Å². The molecule has 0 N–H and O–H groups in total. The lowest BCUT2D eigenvalue weighted by Gasteiger charge is -2.09. The van der Waals surface area contributed by atoms with E-state index in [-0.39, 0.29) is 0 Å². The van der Waals surface area contributed by atoms with E-state index in [9.17, 15) is 0 Å². The van der Waals surface area contributed by atoms with Gasteiger partial charge in [-0.3, -0.25) is 8.80 Å². The number of benzene rings is 9. The van der Waals surface area contributed by atoms with E-state index < -0.39 is 0 Å². The molecule has 5 heteroatoms. The van der Waals surface area contributed by atoms with Crippen LogP contribution in [0.3, 0.4) is 0 Å². The van der Waals surface area contributed by atoms with Crippen molar-refractivity contribution in [3.8, 4) is 16.8 Å². The Balaban J connectivity index is 1.09. The Kier molecular flexibility index (Phi) is 5.36. The molecule has 0 saturated heterocycles. The molecule has 270 valence electrons. The number of hydrogen-bond donors (Lipinski definition) is 0. The maximum absolute atomic E-state index is 5.77. The summed E-state index contributed by atoms with van der Waals surface area (Å²) in [4.78, 5) is 11.5. The number of para-hydroxylation sites is 4. The highest BCUT2D eigenvalue weighted by Crippen LogP contribution is 2.46. The molecule has 0 saturated carbocycles. The first-order chi connectivity index (χ1) is 29.3. The van der Waals surface area contributed by atoms with E-state index in [1.54, 1.807) is 0 Å². The highest BCUT2D eigenvalue weighted by molar-refractivity contribution is 6.32. The zero-order valence-corrected chi connectivity index (χ0v) is 31.5. The second-order valence-electron chi connectivity index (χ2n) is 16.1. The van der Waals surface area contributed by atoms with Crippen LogP contribution in [0.5, 0.6) is 0 Å². The van der Waals surface area contributed by atoms with Crippen molar-refractivity contribution >= 4 is 120 Å². The van der Waals surface area contributed by atoms with Crippen LogP contribution in [0.2, 0.25) is 0 Å². The molecular formula is C54H29N5. The summed E-state index contributed by atoms with van der Waals surface area (Å²) >= 11 is 0. The minimum Gasteiger partial charge on any atom is -0.309 e. The Morgan fingerprint density at radius 1 is 0.339 bits per heavy atom. The van der Waals surface area contributed by atoms with Crippen LogP contribution in [0, 0.1) is 0 Å². The summed E-state index contributed by atoms with van der Waals surface area (Å²) in [6.07, 6.45) is 0. The van der Waals surface area contributed by atoms with Crippen molar-refractivity contribution in [3.05, 3.63) is 176 Å². The van der Waals surface area contributed by atoms with Crippen molar-refractivity contribution in [1.29, 1.82) is 0 Å². The number of aromatic nitrogens is 5. The van der Waals surface area contributed by atoms with Gasteiger partial charge in [-0.25, -0.2) is 9.97 Å². The van der Waals surface area contributed by atoms with Crippen molar-refractivity contribution in [1.82, 2.24) is 23.3 Å². The average Bonchev–Trinajstić information content (AvgIpc) is 4.08. The molecule has 15 aromatic rings. The molecule has 0 aliphatic carbocycles. The van der Waals surface area contributed by atoms with E-state index in [0.29, 0.717) is 0 Å². The first-order valence-electron chi connectivity index (χ1n) is 20.3. The molecule has 0 spiro atoms. The van der Waals surface area contributed by atoms with E-state index in [2.05, 4.69) is 189 Å². The fourth-order valence-electron chi connectivity index (χ4n) is 10.8. The van der Waals surface area contributed by atoms with Gasteiger partial charge in [0.15, 0.2) is 11.3 Å². The lowest BCUT2D eigenvalue weighted by atomic mass is 9.99. The van der Waals surface area contributed by atoms with E-state index in [0.717, 1.165) is 49.8 Å². The molecule has 0 amide bonds. The largest absolute Gasteiger partial charge is 0.309 e. The summed E-state index contributed by atoms with van der Waals surface area (Å²) in [7, 11) is 0. The predicted octanol–water partition coefficient (Wildman–Crippen LogP) is 13.8. The monoisotopic (exact) mass is 747 g/mol. The Morgan fingerprint density at radius 3 is 1.85 bits per heavy atom. The van der Waals surface area contributed by atoms with Crippen molar-refractivity contribution < 1.29 is 0 Å². The fourth-order valence-corrected chi connectivity index (χ4v) is 10.8. The third-order valence-electron chi connectivity index (χ3n) is 13.2. The molecule has 0 atom stereocenters. The van der Waals surface area contributed by atoms with Crippen LogP contribution >= 0.6 is 0 Å². The molecule has 0 bridgehead atoms. The topological polar surface area (TPSA) is 39.5 Å². The van der Waals surface area contributed by atoms with Gasteiger partial charge < -0.3 is 4.57 Å². The average molecular weight is 748 g/mol. The molecule has 0 aliphatic heterocycles. The Hall–Kier alpha value is -8.02. The fraction of sp³-hybridized carbons (Fsp3) is 0. The second-order valence-corrected chi connectivity index (χ2v) is 16.1. The van der Waals surface area contributed by atoms with Crippen molar-refractivity contribution in [2.24, 2.45) is 0 Å². The van der Waals surface area contributed by atoms with E-state index in [1.807, 2.05) is 0 Å². The molecule has 15 rings (SSSR count). The van der Waals surface area contributed by atoms with Crippen LogP contribution in [-0.2, 0) is 0 Å². The maximum Gasteiger partial charge on any atom is 0.165 e. The summed E-state index contributed by atoms with van der Waals surface area (Å²) in [6.45, 7) is 0. The van der Waals surface area contributed by atoms with Gasteiger partial charge in [0.05, 0.1) is 33.1 Å². The van der Waals surface area contributed by atoms with Crippen LogP contribution < -0.4 is 0 Å². The molecule has 6 aromatic heterocycles. The Bertz CT molecular complexity index is 4300. The van der Waals surface area contributed by atoms with E-state index in [4.69, 9.17) is 9.97 Å². The number of hydrogen-bond acceptors (Lipinski definition) is 2. The molecule has 0 aliphatic rings. The zero-order valence-electron chi connectivity index (χ0n) is 31.5. The maximum atomic E-state index is 5.77. The smallest absolute Gasteiger partial charge is 0.165 e. The molecule has 0 unspecified atom stereocenters. The van der Waals surface area contributed by atoms with Crippen LogP contribution in [0.25, 0.3) is 137 Å². The lowest BCUT2D eigenvalue weighted by molar-refractivity contribution is 1.18. The summed E-state index contributed by atoms with van der Waals surface area (Å²) in [6, 6.07) is 64.3. The highest BCUT2D eigenvalue weighted by atomic mass is 15.1. The highest BCUT2D eigenvalue weighted by Gasteiger charge is 2.27. The summed E-state index contributed by atoms with van der Waals surface area (Å²) in [5, 5.41) is 14.5. The van der Waals surface area contributed by atoms with Crippen LogP contribution in [-0.4, -0.2) is 23.3 Å². The van der Waals surface area contributed by atoms with Gasteiger partial charge in [0.25, 0.3) is 0 Å². The molecule has 6 heterocycles. The molecule has 5 nitrogen and oxygen atoms in total. The van der Waals surface area contributed by atoms with Gasteiger partial charge in [0, 0.05) is 54.3 Å². The molecular weight excluding hydrogens is 719 g/mol. The third kappa shape index (κ3) is 3.63. The lowest BCUT2D eigenvalue weighted by Crippen LogP contribution is -1.93. The third-order valence-corrected chi connectivity index (χ3v) is 13.2. The first-order valence-corrected chi connectivity index (χ1v) is 20.3. The number of fused-ring (bicyclic) bond motifs is 18. The second kappa shape index (κ2) is 10.5. The SMILES string of the molecule is c1ccc(-n2c3ccccc3c3cc(-c4cccc5c6cccc7c8nc9c(nc8n(c45)c67)c4c5ccccc5cc5c6cc7ccccc7cc6n9c54)ccc32)cc1. The number of nitrogens with zero attached hydrogens (tertiary/aromatic N) is 5. The van der Waals surface area contributed by atoms with Gasteiger partial charge in [0.2, 0.25) is 0 Å². The predicted molar refractivity (Wildman–Crippen MR) is 246 cm³/mol.